The van der Waals surface area contributed by atoms with E-state index in [1.807, 2.05) is 19.9 Å². The van der Waals surface area contributed by atoms with Crippen LogP contribution in [-0.4, -0.2) is 0 Å². The molecule has 0 fully saturated rings. The van der Waals surface area contributed by atoms with Crippen LogP contribution >= 0.6 is 0 Å². The maximum absolute atomic E-state index is 6.84. The molecule has 10 rings (SSSR count). The van der Waals surface area contributed by atoms with Crippen LogP contribution < -0.4 is 4.90 Å². The van der Waals surface area contributed by atoms with Crippen molar-refractivity contribution in [2.75, 3.05) is 4.90 Å². The van der Waals surface area contributed by atoms with E-state index in [0.29, 0.717) is 0 Å². The average Bonchev–Trinajstić information content (AvgIpc) is 3.68. The van der Waals surface area contributed by atoms with Crippen molar-refractivity contribution in [3.8, 4) is 22.3 Å². The third kappa shape index (κ3) is 6.33. The summed E-state index contributed by atoms with van der Waals surface area (Å²) in [4.78, 5) is 2.41. The molecule has 1 heterocycles. The highest BCUT2D eigenvalue weighted by Crippen LogP contribution is 2.48. The molecule has 0 saturated carbocycles. The monoisotopic (exact) mass is 747 g/mol. The third-order valence-electron chi connectivity index (χ3n) is 11.1. The minimum Gasteiger partial charge on any atom is -0.455 e. The highest BCUT2D eigenvalue weighted by molar-refractivity contribution is 6.26. The molecule has 0 atom stereocenters. The minimum absolute atomic E-state index is 0.874. The number of hydrogen-bond donors (Lipinski definition) is 0. The van der Waals surface area contributed by atoms with Gasteiger partial charge in [0.1, 0.15) is 11.2 Å². The minimum atomic E-state index is 0.874. The first-order chi connectivity index (χ1) is 28.7. The van der Waals surface area contributed by atoms with Crippen LogP contribution in [0.1, 0.15) is 33.3 Å². The molecule has 0 N–H and O–H groups in total. The molecule has 0 bridgehead atoms. The van der Waals surface area contributed by atoms with Gasteiger partial charge in [0.25, 0.3) is 0 Å². The van der Waals surface area contributed by atoms with Gasteiger partial charge in [-0.15, -0.1) is 0 Å². The Hall–Kier alpha value is -7.16. The Labute approximate surface area is 340 Å². The zero-order chi connectivity index (χ0) is 39.6. The SMILES string of the molecule is C/C=C\C(=C/C)c1ccc(N(c2ccc3c4ccccc4c4ccccc4c3c2)c2ccc3c(oc4ccccc43)c2-c2ccc(-c3ccccc3)cc2)cc1.CC. The molecule has 280 valence electrons. The first-order valence-corrected chi connectivity index (χ1v) is 20.3. The molecule has 0 aliphatic carbocycles. The van der Waals surface area contributed by atoms with Crippen LogP contribution in [0, 0.1) is 0 Å². The number of furan rings is 1. The summed E-state index contributed by atoms with van der Waals surface area (Å²) in [5.74, 6) is 0. The highest BCUT2D eigenvalue weighted by atomic mass is 16.3. The Morgan fingerprint density at radius 1 is 0.448 bits per heavy atom. The molecule has 0 aliphatic rings. The molecule has 9 aromatic carbocycles. The summed E-state index contributed by atoms with van der Waals surface area (Å²) >= 11 is 0. The summed E-state index contributed by atoms with van der Waals surface area (Å²) in [6.07, 6.45) is 6.42. The van der Waals surface area contributed by atoms with E-state index in [2.05, 4.69) is 213 Å². The van der Waals surface area contributed by atoms with Crippen LogP contribution in [0.4, 0.5) is 17.1 Å². The summed E-state index contributed by atoms with van der Waals surface area (Å²) in [6, 6.07) is 65.8. The number of rotatable bonds is 7. The topological polar surface area (TPSA) is 16.4 Å². The molecular weight excluding hydrogens is 703 g/mol. The molecule has 0 aliphatic heterocycles. The number of nitrogens with zero attached hydrogens (tertiary/aromatic N) is 1. The van der Waals surface area contributed by atoms with Crippen molar-refractivity contribution >= 4 is 76.9 Å². The Morgan fingerprint density at radius 2 is 0.966 bits per heavy atom. The number of fused-ring (bicyclic) bond motifs is 9. The molecule has 1 aromatic heterocycles. The van der Waals surface area contributed by atoms with Gasteiger partial charge in [-0.2, -0.15) is 0 Å². The van der Waals surface area contributed by atoms with Crippen molar-refractivity contribution in [3.05, 3.63) is 206 Å². The Kier molecular flexibility index (Phi) is 9.91. The van der Waals surface area contributed by atoms with E-state index in [-0.39, 0.29) is 0 Å². The predicted octanol–water partition coefficient (Wildman–Crippen LogP) is 16.9. The number of para-hydroxylation sites is 1. The molecular formula is C56H45NO. The normalized spacial score (nSPS) is 11.8. The number of hydrogen-bond acceptors (Lipinski definition) is 2. The molecule has 58 heavy (non-hydrogen) atoms. The molecule has 2 heteroatoms. The van der Waals surface area contributed by atoms with Gasteiger partial charge in [0.15, 0.2) is 0 Å². The zero-order valence-corrected chi connectivity index (χ0v) is 33.4. The van der Waals surface area contributed by atoms with Gasteiger partial charge in [0.2, 0.25) is 0 Å². The largest absolute Gasteiger partial charge is 0.455 e. The molecule has 0 spiro atoms. The third-order valence-corrected chi connectivity index (χ3v) is 11.1. The molecule has 0 radical (unpaired) electrons. The Morgan fingerprint density at radius 3 is 1.60 bits per heavy atom. The second-order valence-electron chi connectivity index (χ2n) is 14.3. The lowest BCUT2D eigenvalue weighted by Gasteiger charge is -2.29. The summed E-state index contributed by atoms with van der Waals surface area (Å²) in [6.45, 7) is 8.16. The van der Waals surface area contributed by atoms with Gasteiger partial charge in [-0.05, 0) is 116 Å². The van der Waals surface area contributed by atoms with Gasteiger partial charge in [-0.3, -0.25) is 0 Å². The number of anilines is 3. The standard InChI is InChI=1S/C54H39NO.C2H6/c1-3-14-36(4-2)38-27-29-41(30-28-38)55(42-31-32-47-45-19-9-8-17-43(45)44-18-10-11-20-46(44)50(47)35-42)51-34-33-49-48-21-12-13-22-52(48)56-54(49)53(51)40-25-23-39(24-26-40)37-15-6-5-7-16-37;1-2/h3-35H,1-2H3;1-2H3/b14-3-,36-4+;. The molecule has 0 unspecified atom stereocenters. The van der Waals surface area contributed by atoms with E-state index in [1.54, 1.807) is 0 Å². The summed E-state index contributed by atoms with van der Waals surface area (Å²) in [5, 5.41) is 9.71. The van der Waals surface area contributed by atoms with Crippen LogP contribution in [0.2, 0.25) is 0 Å². The van der Waals surface area contributed by atoms with E-state index < -0.39 is 0 Å². The van der Waals surface area contributed by atoms with Crippen molar-refractivity contribution in [1.29, 1.82) is 0 Å². The van der Waals surface area contributed by atoms with Gasteiger partial charge >= 0.3 is 0 Å². The van der Waals surface area contributed by atoms with Gasteiger partial charge in [-0.1, -0.05) is 172 Å². The smallest absolute Gasteiger partial charge is 0.145 e. The molecule has 10 aromatic rings. The Balaban J connectivity index is 0.00000215. The fourth-order valence-electron chi connectivity index (χ4n) is 8.51. The second kappa shape index (κ2) is 15.8. The average molecular weight is 748 g/mol. The van der Waals surface area contributed by atoms with Gasteiger partial charge in [-0.25, -0.2) is 0 Å². The quantitative estimate of drug-likeness (QED) is 0.119. The first-order valence-electron chi connectivity index (χ1n) is 20.3. The highest BCUT2D eigenvalue weighted by Gasteiger charge is 2.24. The molecule has 2 nitrogen and oxygen atoms in total. The summed E-state index contributed by atoms with van der Waals surface area (Å²) in [5.41, 5.74) is 11.8. The van der Waals surface area contributed by atoms with Gasteiger partial charge in [0, 0.05) is 27.7 Å². The van der Waals surface area contributed by atoms with Crippen LogP contribution in [0.25, 0.3) is 82.1 Å². The fraction of sp³-hybridized carbons (Fsp3) is 0.0714. The van der Waals surface area contributed by atoms with Gasteiger partial charge < -0.3 is 9.32 Å². The van der Waals surface area contributed by atoms with Crippen LogP contribution in [0.15, 0.2) is 205 Å². The van der Waals surface area contributed by atoms with E-state index in [9.17, 15) is 0 Å². The summed E-state index contributed by atoms with van der Waals surface area (Å²) < 4.78 is 6.84. The van der Waals surface area contributed by atoms with Crippen molar-refractivity contribution in [2.24, 2.45) is 0 Å². The number of allylic oxidation sites excluding steroid dienone is 4. The fourth-order valence-corrected chi connectivity index (χ4v) is 8.51. The van der Waals surface area contributed by atoms with Crippen molar-refractivity contribution in [2.45, 2.75) is 27.7 Å². The van der Waals surface area contributed by atoms with Crippen molar-refractivity contribution in [1.82, 2.24) is 0 Å². The maximum Gasteiger partial charge on any atom is 0.145 e. The van der Waals surface area contributed by atoms with Crippen LogP contribution in [-0.2, 0) is 0 Å². The van der Waals surface area contributed by atoms with Gasteiger partial charge in [0.05, 0.1) is 5.69 Å². The summed E-state index contributed by atoms with van der Waals surface area (Å²) in [7, 11) is 0. The van der Waals surface area contributed by atoms with E-state index in [4.69, 9.17) is 4.42 Å². The van der Waals surface area contributed by atoms with Crippen LogP contribution in [0.5, 0.6) is 0 Å². The van der Waals surface area contributed by atoms with Crippen LogP contribution in [0.3, 0.4) is 0 Å². The maximum atomic E-state index is 6.84. The first kappa shape index (κ1) is 36.5. The van der Waals surface area contributed by atoms with E-state index >= 15 is 0 Å². The molecule has 0 saturated heterocycles. The van der Waals surface area contributed by atoms with Crippen molar-refractivity contribution in [3.63, 3.8) is 0 Å². The lowest BCUT2D eigenvalue weighted by Crippen LogP contribution is -2.11. The number of benzene rings is 9. The zero-order valence-electron chi connectivity index (χ0n) is 33.4. The van der Waals surface area contributed by atoms with E-state index in [0.717, 1.165) is 50.1 Å². The predicted molar refractivity (Wildman–Crippen MR) is 252 cm³/mol. The Bertz CT molecular complexity index is 3090. The van der Waals surface area contributed by atoms with Crippen molar-refractivity contribution < 1.29 is 4.42 Å². The second-order valence-corrected chi connectivity index (χ2v) is 14.3. The van der Waals surface area contributed by atoms with E-state index in [1.165, 1.54) is 54.6 Å². The lowest BCUT2D eigenvalue weighted by atomic mass is 9.93. The molecule has 0 amide bonds. The lowest BCUT2D eigenvalue weighted by molar-refractivity contribution is 0.670.